The highest BCUT2D eigenvalue weighted by Crippen LogP contribution is 2.44. The molecule has 18 heteroatoms. The normalized spacial score (nSPS) is 18.8. The van der Waals surface area contributed by atoms with Gasteiger partial charge >= 0.3 is 11.9 Å². The predicted octanol–water partition coefficient (Wildman–Crippen LogP) is 10.9. The zero-order valence-electron chi connectivity index (χ0n) is 37.8. The van der Waals surface area contributed by atoms with Crippen molar-refractivity contribution in [2.24, 2.45) is 9.98 Å². The molecular weight excluding hydrogens is 952 g/mol. The molecule has 4 aliphatic rings. The molecule has 2 N–H and O–H groups in total. The molecule has 0 radical (unpaired) electrons. The van der Waals surface area contributed by atoms with Crippen molar-refractivity contribution in [2.75, 3.05) is 36.0 Å². The minimum atomic E-state index is -1.35. The van der Waals surface area contributed by atoms with E-state index in [0.717, 1.165) is 81.9 Å². The lowest BCUT2D eigenvalue weighted by atomic mass is 10.1. The number of halogens is 6. The number of nitrogens with zero attached hydrogens (tertiary/aromatic N) is 6. The summed E-state index contributed by atoms with van der Waals surface area (Å²) < 4.78 is 61.6. The number of aromatic carboxylic acids is 2. The van der Waals surface area contributed by atoms with Gasteiger partial charge in [-0.25, -0.2) is 27.2 Å². The highest BCUT2D eigenvalue weighted by atomic mass is 35.5. The number of anilines is 2. The Morgan fingerprint density at radius 2 is 1.06 bits per heavy atom. The molecule has 12 nitrogen and oxygen atoms in total. The zero-order chi connectivity index (χ0) is 49.4. The van der Waals surface area contributed by atoms with E-state index < -0.39 is 45.6 Å². The van der Waals surface area contributed by atoms with E-state index in [9.17, 15) is 38.2 Å². The molecule has 364 valence electrons. The van der Waals surface area contributed by atoms with Crippen molar-refractivity contribution < 1.29 is 37.4 Å². The fourth-order valence-corrected chi connectivity index (χ4v) is 10.2. The topological polar surface area (TPSA) is 150 Å². The average molecular weight is 1000 g/mol. The van der Waals surface area contributed by atoms with Crippen LogP contribution in [0.25, 0.3) is 21.8 Å². The van der Waals surface area contributed by atoms with Gasteiger partial charge in [-0.2, -0.15) is 0 Å². The molecule has 2 saturated carbocycles. The van der Waals surface area contributed by atoms with Gasteiger partial charge in [0.1, 0.15) is 34.4 Å². The molecule has 2 aromatic heterocycles. The minimum absolute atomic E-state index is 0.0225. The molecule has 2 atom stereocenters. The Hall–Kier alpha value is -6.52. The van der Waals surface area contributed by atoms with Crippen LogP contribution in [-0.4, -0.2) is 82.0 Å². The van der Waals surface area contributed by atoms with Gasteiger partial charge in [-0.3, -0.25) is 19.6 Å². The number of pyridine rings is 2. The second-order valence-corrected chi connectivity index (χ2v) is 19.0. The van der Waals surface area contributed by atoms with Crippen molar-refractivity contribution >= 4 is 80.8 Å². The highest BCUT2D eigenvalue weighted by Gasteiger charge is 2.33. The fourth-order valence-electron chi connectivity index (χ4n) is 9.42. The van der Waals surface area contributed by atoms with Crippen LogP contribution in [0.4, 0.5) is 28.9 Å². The third-order valence-electron chi connectivity index (χ3n) is 13.3. The second-order valence-electron chi connectivity index (χ2n) is 18.3. The summed E-state index contributed by atoms with van der Waals surface area (Å²) in [4.78, 5) is 61.8. The predicted molar refractivity (Wildman–Crippen MR) is 265 cm³/mol. The van der Waals surface area contributed by atoms with E-state index >= 15 is 8.78 Å². The summed E-state index contributed by atoms with van der Waals surface area (Å²) >= 11 is 13.6. The summed E-state index contributed by atoms with van der Waals surface area (Å²) in [5.41, 5.74) is 0.00828. The molecule has 0 spiro atoms. The van der Waals surface area contributed by atoms with Gasteiger partial charge in [0.15, 0.2) is 0 Å². The lowest BCUT2D eigenvalue weighted by molar-refractivity contribution is 0.0684. The third kappa shape index (κ3) is 10.2. The largest absolute Gasteiger partial charge is 0.477 e. The molecule has 4 aromatic carbocycles. The van der Waals surface area contributed by atoms with E-state index in [1.165, 1.54) is 36.8 Å². The molecule has 70 heavy (non-hydrogen) atoms. The van der Waals surface area contributed by atoms with E-state index in [2.05, 4.69) is 9.98 Å². The smallest absolute Gasteiger partial charge is 0.341 e. The van der Waals surface area contributed by atoms with Gasteiger partial charge in [0.25, 0.3) is 0 Å². The lowest BCUT2D eigenvalue weighted by Crippen LogP contribution is -2.31. The molecular formula is C52H48Cl2F4N6O6. The number of aliphatic imine (C=N–C) groups is 2. The molecule has 2 saturated heterocycles. The van der Waals surface area contributed by atoms with Gasteiger partial charge in [-0.1, -0.05) is 53.5 Å². The van der Waals surface area contributed by atoms with E-state index in [4.69, 9.17) is 23.2 Å². The Bertz CT molecular complexity index is 3210. The van der Waals surface area contributed by atoms with E-state index in [1.807, 2.05) is 9.80 Å². The quantitative estimate of drug-likeness (QED) is 0.102. The van der Waals surface area contributed by atoms with Crippen molar-refractivity contribution in [2.45, 2.75) is 88.4 Å². The van der Waals surface area contributed by atoms with Crippen LogP contribution in [0.3, 0.4) is 0 Å². The van der Waals surface area contributed by atoms with Gasteiger partial charge in [0.05, 0.1) is 55.3 Å². The zero-order valence-corrected chi connectivity index (χ0v) is 39.3. The number of carboxylic acid groups (broad SMARTS) is 2. The first-order chi connectivity index (χ1) is 33.7. The molecule has 10 rings (SSSR count). The number of hydrogen-bond donors (Lipinski definition) is 2. The van der Waals surface area contributed by atoms with E-state index in [-0.39, 0.29) is 68.0 Å². The number of carbonyl (C=O) groups is 2. The van der Waals surface area contributed by atoms with Gasteiger partial charge in [0, 0.05) is 68.6 Å². The van der Waals surface area contributed by atoms with Crippen molar-refractivity contribution in [1.82, 2.24) is 9.13 Å². The lowest BCUT2D eigenvalue weighted by Gasteiger charge is -2.27. The molecule has 6 aromatic rings. The number of carboxylic acids is 2. The van der Waals surface area contributed by atoms with Crippen LogP contribution in [0.2, 0.25) is 10.0 Å². The van der Waals surface area contributed by atoms with Crippen LogP contribution < -0.4 is 20.7 Å². The van der Waals surface area contributed by atoms with Crippen LogP contribution >= 0.6 is 23.2 Å². The van der Waals surface area contributed by atoms with E-state index in [0.29, 0.717) is 42.8 Å². The number of rotatable bonds is 10. The fraction of sp³-hybridized carbons (Fsp3) is 0.346. The number of aromatic nitrogens is 2. The maximum Gasteiger partial charge on any atom is 0.341 e. The van der Waals surface area contributed by atoms with Crippen LogP contribution in [0.15, 0.2) is 92.6 Å². The van der Waals surface area contributed by atoms with Crippen LogP contribution in [0, 0.1) is 23.3 Å². The van der Waals surface area contributed by atoms with Gasteiger partial charge in [-0.05, 0) is 100 Å². The summed E-state index contributed by atoms with van der Waals surface area (Å²) in [5, 5.41) is 19.1. The molecule has 0 amide bonds. The molecule has 2 aliphatic heterocycles. The summed E-state index contributed by atoms with van der Waals surface area (Å²) in [7, 11) is 0. The van der Waals surface area contributed by atoms with Gasteiger partial charge < -0.3 is 29.1 Å². The van der Waals surface area contributed by atoms with Crippen LogP contribution in [0.1, 0.15) is 108 Å². The maximum atomic E-state index is 15.5. The first kappa shape index (κ1) is 48.5. The first-order valence-corrected chi connectivity index (χ1v) is 24.1. The Balaban J connectivity index is 0.000000174. The third-order valence-corrected chi connectivity index (χ3v) is 14.0. The highest BCUT2D eigenvalue weighted by molar-refractivity contribution is 6.38. The van der Waals surface area contributed by atoms with Gasteiger partial charge in [0.2, 0.25) is 10.9 Å². The summed E-state index contributed by atoms with van der Waals surface area (Å²) in [6, 6.07) is 14.4. The second kappa shape index (κ2) is 20.4. The molecule has 4 heterocycles. The summed E-state index contributed by atoms with van der Waals surface area (Å²) in [6.07, 6.45) is 14.2. The number of benzene rings is 4. The number of fused-ring (bicyclic) bond motifs is 2. The number of hydrogen-bond acceptors (Lipinski definition) is 8. The molecule has 2 aliphatic carbocycles. The Labute approximate surface area is 409 Å². The minimum Gasteiger partial charge on any atom is -0.477 e. The first-order valence-electron chi connectivity index (χ1n) is 23.3. The Kier molecular flexibility index (Phi) is 14.2. The van der Waals surface area contributed by atoms with Crippen molar-refractivity contribution in [1.29, 1.82) is 0 Å². The van der Waals surface area contributed by atoms with Crippen LogP contribution in [-0.2, 0) is 0 Å². The average Bonchev–Trinajstić information content (AvgIpc) is 4.23. The van der Waals surface area contributed by atoms with Crippen LogP contribution in [0.5, 0.6) is 0 Å². The molecule has 0 unspecified atom stereocenters. The van der Waals surface area contributed by atoms with Gasteiger partial charge in [-0.15, -0.1) is 0 Å². The summed E-state index contributed by atoms with van der Waals surface area (Å²) in [6.45, 7) is 1.94. The molecule has 0 bridgehead atoms. The Morgan fingerprint density at radius 3 is 1.50 bits per heavy atom. The maximum absolute atomic E-state index is 15.5. The summed E-state index contributed by atoms with van der Waals surface area (Å²) in [5.74, 6) is -4.71. The van der Waals surface area contributed by atoms with E-state index in [1.54, 1.807) is 45.7 Å². The standard InChI is InChI=1S/2C26H24ClF2N3O3/c27-22-23-18(25(33)19(26(34)35)14-32(23)17-8-9-17)11-21(29)24(22)31-10-4-3-6-16(13-31)30-12-15-5-1-2-7-20(15)28;27-22-23-19(25(33)20(26(34)35)14-32(23)18-8-9-18)11-21(29)24(22)31-10-2-1-3-17(13-31)30-12-15-4-6-16(28)7-5-15/h1-2,5,7,11-12,14,16-17H,3-4,6,8-10,13H2,(H,34,35);4-7,11-12,14,17-18H,1-3,8-10,13H2,(H,34,35)/t16-;17-/m11/s1. The molecule has 4 fully saturated rings. The van der Waals surface area contributed by atoms with Crippen molar-refractivity contribution in [3.05, 3.63) is 149 Å². The monoisotopic (exact) mass is 998 g/mol. The van der Waals surface area contributed by atoms with Crippen molar-refractivity contribution in [3.63, 3.8) is 0 Å². The Morgan fingerprint density at radius 1 is 0.600 bits per heavy atom. The van der Waals surface area contributed by atoms with Crippen molar-refractivity contribution in [3.8, 4) is 0 Å². The SMILES string of the molecule is O=C(O)c1cn(C2CC2)c2c(Cl)c(N3CCCC[C@@H](N=Cc4ccc(F)cc4)C3)c(F)cc2c1=O.O=C(O)c1cn(C2CC2)c2c(Cl)c(N3CCCC[C@@H](N=Cc4ccccc4F)C3)c(F)cc2c1=O.